The van der Waals surface area contributed by atoms with E-state index in [0.29, 0.717) is 25.4 Å². The molecule has 35 heavy (non-hydrogen) atoms. The van der Waals surface area contributed by atoms with Crippen LogP contribution < -0.4 is 4.74 Å². The number of phenols is 1. The molecule has 7 rings (SSSR count). The first kappa shape index (κ1) is 22.1. The van der Waals surface area contributed by atoms with E-state index in [1.807, 2.05) is 24.3 Å². The third-order valence-corrected chi connectivity index (χ3v) is 9.61. The zero-order valence-electron chi connectivity index (χ0n) is 20.4. The molecule has 0 aromatic heterocycles. The van der Waals surface area contributed by atoms with Crippen molar-refractivity contribution in [2.24, 2.45) is 11.8 Å². The molecule has 1 unspecified atom stereocenters. The van der Waals surface area contributed by atoms with E-state index >= 15 is 0 Å². The summed E-state index contributed by atoms with van der Waals surface area (Å²) in [6.07, 6.45) is 4.26. The van der Waals surface area contributed by atoms with E-state index < -0.39 is 11.0 Å². The molecule has 1 spiro atoms. The Balaban J connectivity index is 1.26. The fourth-order valence-corrected chi connectivity index (χ4v) is 7.94. The molecule has 1 saturated heterocycles. The maximum atomic E-state index is 12.8. The molecule has 0 amide bonds. The van der Waals surface area contributed by atoms with Crippen molar-refractivity contribution in [2.75, 3.05) is 26.8 Å². The summed E-state index contributed by atoms with van der Waals surface area (Å²) in [5.41, 5.74) is 1.88. The number of nitrogens with zero attached hydrogens (tertiary/aromatic N) is 1. The van der Waals surface area contributed by atoms with Gasteiger partial charge >= 0.3 is 0 Å². The molecule has 6 nitrogen and oxygen atoms in total. The molecule has 2 bridgehead atoms. The summed E-state index contributed by atoms with van der Waals surface area (Å²) in [6, 6.07) is 14.0. The second-order valence-corrected chi connectivity index (χ2v) is 11.5. The molecular formula is C29H35NO5. The van der Waals surface area contributed by atoms with Gasteiger partial charge < -0.3 is 24.4 Å². The number of rotatable bonds is 7. The zero-order valence-corrected chi connectivity index (χ0v) is 20.4. The monoisotopic (exact) mass is 477 g/mol. The molecule has 3 aliphatic carbocycles. The van der Waals surface area contributed by atoms with Crippen LogP contribution in [0.2, 0.25) is 0 Å². The number of ether oxygens (including phenoxy) is 3. The van der Waals surface area contributed by atoms with Crippen molar-refractivity contribution in [2.45, 2.75) is 68.0 Å². The van der Waals surface area contributed by atoms with Crippen molar-refractivity contribution in [1.82, 2.24) is 4.90 Å². The van der Waals surface area contributed by atoms with Gasteiger partial charge in [0.1, 0.15) is 12.2 Å². The summed E-state index contributed by atoms with van der Waals surface area (Å²) in [5.74, 6) is 1.49. The van der Waals surface area contributed by atoms with Gasteiger partial charge in [-0.25, -0.2) is 0 Å². The number of methoxy groups -OCH3 is 1. The Hall–Kier alpha value is -2.12. The summed E-state index contributed by atoms with van der Waals surface area (Å²) in [4.78, 5) is 2.56. The zero-order chi connectivity index (χ0) is 23.8. The fourth-order valence-electron chi connectivity index (χ4n) is 7.94. The highest BCUT2D eigenvalue weighted by molar-refractivity contribution is 5.62. The quantitative estimate of drug-likeness (QED) is 0.637. The second kappa shape index (κ2) is 7.94. The maximum absolute atomic E-state index is 12.8. The van der Waals surface area contributed by atoms with E-state index in [-0.39, 0.29) is 29.9 Å². The Morgan fingerprint density at radius 3 is 2.74 bits per heavy atom. The number of likely N-dealkylation sites (tertiary alicyclic amines) is 1. The van der Waals surface area contributed by atoms with Gasteiger partial charge in [-0.05, 0) is 61.8 Å². The van der Waals surface area contributed by atoms with Crippen LogP contribution in [0.3, 0.4) is 0 Å². The predicted octanol–water partition coefficient (Wildman–Crippen LogP) is 3.41. The largest absolute Gasteiger partial charge is 0.504 e. The van der Waals surface area contributed by atoms with Gasteiger partial charge in [0.2, 0.25) is 0 Å². The normalized spacial score (nSPS) is 37.1. The van der Waals surface area contributed by atoms with Gasteiger partial charge in [-0.1, -0.05) is 36.4 Å². The second-order valence-electron chi connectivity index (χ2n) is 11.5. The highest BCUT2D eigenvalue weighted by Crippen LogP contribution is 2.66. The van der Waals surface area contributed by atoms with Crippen molar-refractivity contribution in [3.63, 3.8) is 0 Å². The van der Waals surface area contributed by atoms with Crippen molar-refractivity contribution in [3.05, 3.63) is 59.2 Å². The smallest absolute Gasteiger partial charge is 0.165 e. The molecule has 2 aliphatic heterocycles. The summed E-state index contributed by atoms with van der Waals surface area (Å²) in [5, 5.41) is 23.6. The molecule has 2 saturated carbocycles. The van der Waals surface area contributed by atoms with Crippen molar-refractivity contribution >= 4 is 0 Å². The molecule has 2 heterocycles. The predicted molar refractivity (Wildman–Crippen MR) is 131 cm³/mol. The van der Waals surface area contributed by atoms with Crippen molar-refractivity contribution in [1.29, 1.82) is 0 Å². The lowest BCUT2D eigenvalue weighted by molar-refractivity contribution is -0.234. The number of phenolic OH excluding ortho intramolecular Hbond substituents is 1. The molecule has 6 atom stereocenters. The first-order chi connectivity index (χ1) is 17.0. The number of aliphatic hydroxyl groups is 1. The lowest BCUT2D eigenvalue weighted by atomic mass is 9.47. The van der Waals surface area contributed by atoms with Crippen LogP contribution in [0.25, 0.3) is 0 Å². The van der Waals surface area contributed by atoms with E-state index in [1.54, 1.807) is 13.2 Å². The minimum absolute atomic E-state index is 0.00628. The van der Waals surface area contributed by atoms with Gasteiger partial charge in [0.15, 0.2) is 11.5 Å². The number of hydrogen-bond acceptors (Lipinski definition) is 6. The maximum Gasteiger partial charge on any atom is 0.165 e. The lowest BCUT2D eigenvalue weighted by Gasteiger charge is -2.65. The number of hydrogen-bond donors (Lipinski definition) is 2. The van der Waals surface area contributed by atoms with Crippen molar-refractivity contribution in [3.8, 4) is 11.5 Å². The number of piperidine rings is 1. The summed E-state index contributed by atoms with van der Waals surface area (Å²) in [7, 11) is 1.74. The molecule has 6 heteroatoms. The molecule has 2 aromatic rings. The van der Waals surface area contributed by atoms with E-state index in [1.165, 1.54) is 18.4 Å². The van der Waals surface area contributed by atoms with E-state index in [9.17, 15) is 10.2 Å². The van der Waals surface area contributed by atoms with E-state index in [2.05, 4.69) is 17.0 Å². The van der Waals surface area contributed by atoms with Gasteiger partial charge in [0.25, 0.3) is 0 Å². The SMILES string of the molecule is COC1[C@@H](COCc2ccccc2)C[C@]2(O)[C@H]3Cc4ccc(O)c5c4[C@@]2(CCN3CC2CC2)[C@H]1O5. The first-order valence-electron chi connectivity index (χ1n) is 13.2. The molecule has 3 fully saturated rings. The minimum Gasteiger partial charge on any atom is -0.504 e. The van der Waals surface area contributed by atoms with Crippen LogP contribution in [0.4, 0.5) is 0 Å². The topological polar surface area (TPSA) is 71.4 Å². The van der Waals surface area contributed by atoms with Gasteiger partial charge in [0, 0.05) is 31.2 Å². The van der Waals surface area contributed by atoms with Crippen LogP contribution >= 0.6 is 0 Å². The van der Waals surface area contributed by atoms with E-state index in [4.69, 9.17) is 14.2 Å². The lowest BCUT2D eigenvalue weighted by Crippen LogP contribution is -2.78. The third-order valence-electron chi connectivity index (χ3n) is 9.61. The van der Waals surface area contributed by atoms with Gasteiger partial charge in [-0.3, -0.25) is 4.90 Å². The molecule has 0 radical (unpaired) electrons. The highest BCUT2D eigenvalue weighted by atomic mass is 16.6. The van der Waals surface area contributed by atoms with Crippen LogP contribution in [0.5, 0.6) is 11.5 Å². The molecule has 2 N–H and O–H groups in total. The summed E-state index contributed by atoms with van der Waals surface area (Å²) < 4.78 is 18.9. The molecular weight excluding hydrogens is 442 g/mol. The van der Waals surface area contributed by atoms with Gasteiger partial charge in [-0.2, -0.15) is 0 Å². The van der Waals surface area contributed by atoms with Crippen LogP contribution in [0, 0.1) is 11.8 Å². The Morgan fingerprint density at radius 1 is 1.14 bits per heavy atom. The van der Waals surface area contributed by atoms with E-state index in [0.717, 1.165) is 43.0 Å². The van der Waals surface area contributed by atoms with Gasteiger partial charge in [-0.15, -0.1) is 0 Å². The molecule has 186 valence electrons. The standard InChI is InChI=1S/C29H35NO5/c1-33-25-21(17-34-16-19-5-3-2-4-6-19)14-29(32)23-13-20-9-10-22(31)26-24(20)28(29,27(25)35-26)11-12-30(23)15-18-7-8-18/h2-6,9-10,18,21,23,25,27,31-32H,7-8,11-17H2,1H3/t21-,23-,25?,27+,28+,29+/m1/s1. The summed E-state index contributed by atoms with van der Waals surface area (Å²) in [6.45, 7) is 3.04. The average Bonchev–Trinajstić information content (AvgIpc) is 3.60. The Morgan fingerprint density at radius 2 is 1.97 bits per heavy atom. The van der Waals surface area contributed by atoms with Crippen molar-refractivity contribution < 1.29 is 24.4 Å². The summed E-state index contributed by atoms with van der Waals surface area (Å²) >= 11 is 0. The number of benzene rings is 2. The van der Waals surface area contributed by atoms with Crippen LogP contribution in [-0.2, 0) is 27.9 Å². The Bertz CT molecular complexity index is 1120. The Kier molecular flexibility index (Phi) is 5.01. The van der Waals surface area contributed by atoms with Crippen LogP contribution in [0.15, 0.2) is 42.5 Å². The number of aromatic hydroxyl groups is 1. The fraction of sp³-hybridized carbons (Fsp3) is 0.586. The van der Waals surface area contributed by atoms with Crippen LogP contribution in [0.1, 0.15) is 42.4 Å². The highest BCUT2D eigenvalue weighted by Gasteiger charge is 2.74. The molecule has 5 aliphatic rings. The van der Waals surface area contributed by atoms with Gasteiger partial charge in [0.05, 0.1) is 24.2 Å². The van der Waals surface area contributed by atoms with Crippen LogP contribution in [-0.4, -0.2) is 65.8 Å². The molecule has 2 aromatic carbocycles. The first-order valence-corrected chi connectivity index (χ1v) is 13.2. The Labute approximate surface area is 206 Å². The average molecular weight is 478 g/mol. The third kappa shape index (κ3) is 3.10. The minimum atomic E-state index is -0.952.